The highest BCUT2D eigenvalue weighted by Gasteiger charge is 2.34. The number of hydrogen-bond donors (Lipinski definition) is 1. The average Bonchev–Trinajstić information content (AvgIpc) is 2.99. The van der Waals surface area contributed by atoms with Gasteiger partial charge in [-0.1, -0.05) is 78.9 Å². The molecule has 0 saturated heterocycles. The van der Waals surface area contributed by atoms with Crippen LogP contribution < -0.4 is 9.62 Å². The van der Waals surface area contributed by atoms with E-state index < -0.39 is 34.3 Å². The number of benzene rings is 4. The molecule has 0 bridgehead atoms. The number of hydrogen-bond acceptors (Lipinski definition) is 4. The van der Waals surface area contributed by atoms with E-state index in [4.69, 9.17) is 0 Å². The number of sulfonamides is 1. The van der Waals surface area contributed by atoms with Crippen molar-refractivity contribution in [3.8, 4) is 0 Å². The number of para-hydroxylation sites is 1. The van der Waals surface area contributed by atoms with Crippen LogP contribution in [-0.4, -0.2) is 43.8 Å². The molecule has 0 unspecified atom stereocenters. The molecule has 4 aromatic rings. The first-order valence-corrected chi connectivity index (χ1v) is 15.1. The van der Waals surface area contributed by atoms with Crippen molar-refractivity contribution in [2.45, 2.75) is 43.8 Å². The molecule has 0 heterocycles. The Morgan fingerprint density at radius 1 is 0.762 bits per heavy atom. The smallest absolute Gasteiger partial charge is 0.264 e. The van der Waals surface area contributed by atoms with Gasteiger partial charge in [0, 0.05) is 19.0 Å². The zero-order chi connectivity index (χ0) is 30.1. The van der Waals surface area contributed by atoms with Crippen LogP contribution in [0.1, 0.15) is 25.0 Å². The summed E-state index contributed by atoms with van der Waals surface area (Å²) < 4.78 is 42.4. The molecule has 218 valence electrons. The number of nitrogens with one attached hydrogen (secondary N) is 1. The molecule has 0 aliphatic heterocycles. The third kappa shape index (κ3) is 7.82. The lowest BCUT2D eigenvalue weighted by molar-refractivity contribution is -0.140. The van der Waals surface area contributed by atoms with Crippen LogP contribution in [-0.2, 0) is 32.6 Å². The Kier molecular flexibility index (Phi) is 10.1. The highest BCUT2D eigenvalue weighted by molar-refractivity contribution is 7.92. The summed E-state index contributed by atoms with van der Waals surface area (Å²) in [6.07, 6.45) is 0.230. The quantitative estimate of drug-likeness (QED) is 0.247. The maximum atomic E-state index is 14.3. The van der Waals surface area contributed by atoms with Crippen molar-refractivity contribution in [3.63, 3.8) is 0 Å². The van der Waals surface area contributed by atoms with Crippen LogP contribution in [0.5, 0.6) is 0 Å². The van der Waals surface area contributed by atoms with Crippen LogP contribution in [0, 0.1) is 5.82 Å². The number of anilines is 1. The zero-order valence-corrected chi connectivity index (χ0v) is 24.4. The minimum absolute atomic E-state index is 0.0852. The van der Waals surface area contributed by atoms with Gasteiger partial charge in [0.15, 0.2) is 0 Å². The van der Waals surface area contributed by atoms with Gasteiger partial charge in [-0.25, -0.2) is 12.8 Å². The first-order valence-electron chi connectivity index (χ1n) is 13.7. The molecule has 0 aliphatic rings. The van der Waals surface area contributed by atoms with E-state index in [0.717, 1.165) is 27.6 Å². The zero-order valence-electron chi connectivity index (χ0n) is 23.6. The molecule has 0 spiro atoms. The Morgan fingerprint density at radius 2 is 1.29 bits per heavy atom. The molecule has 2 amide bonds. The van der Waals surface area contributed by atoms with E-state index in [1.54, 1.807) is 30.3 Å². The van der Waals surface area contributed by atoms with Gasteiger partial charge >= 0.3 is 0 Å². The summed E-state index contributed by atoms with van der Waals surface area (Å²) in [5, 5.41) is 2.93. The van der Waals surface area contributed by atoms with E-state index in [1.807, 2.05) is 74.5 Å². The molecule has 0 saturated carbocycles. The van der Waals surface area contributed by atoms with E-state index in [0.29, 0.717) is 0 Å². The van der Waals surface area contributed by atoms with Gasteiger partial charge in [0.05, 0.1) is 10.6 Å². The van der Waals surface area contributed by atoms with Crippen molar-refractivity contribution < 1.29 is 22.4 Å². The van der Waals surface area contributed by atoms with Crippen LogP contribution in [0.3, 0.4) is 0 Å². The maximum absolute atomic E-state index is 14.3. The van der Waals surface area contributed by atoms with Crippen LogP contribution in [0.25, 0.3) is 0 Å². The minimum Gasteiger partial charge on any atom is -0.352 e. The monoisotopic (exact) mass is 587 g/mol. The third-order valence-corrected chi connectivity index (χ3v) is 8.41. The maximum Gasteiger partial charge on any atom is 0.264 e. The molecule has 0 aromatic heterocycles. The molecule has 0 radical (unpaired) electrons. The molecule has 42 heavy (non-hydrogen) atoms. The summed E-state index contributed by atoms with van der Waals surface area (Å²) in [7, 11) is -4.28. The van der Waals surface area contributed by atoms with Crippen molar-refractivity contribution in [1.82, 2.24) is 10.2 Å². The van der Waals surface area contributed by atoms with E-state index >= 15 is 0 Å². The van der Waals surface area contributed by atoms with Crippen molar-refractivity contribution in [3.05, 3.63) is 132 Å². The second kappa shape index (κ2) is 13.9. The Bertz CT molecular complexity index is 1570. The lowest BCUT2D eigenvalue weighted by Crippen LogP contribution is -2.54. The Labute approximate surface area is 246 Å². The predicted octanol–water partition coefficient (Wildman–Crippen LogP) is 5.19. The predicted molar refractivity (Wildman–Crippen MR) is 162 cm³/mol. The van der Waals surface area contributed by atoms with E-state index in [9.17, 15) is 22.4 Å². The fourth-order valence-electron chi connectivity index (χ4n) is 4.57. The first kappa shape index (κ1) is 30.5. The molecule has 7 nitrogen and oxygen atoms in total. The summed E-state index contributed by atoms with van der Waals surface area (Å²) >= 11 is 0. The Hall–Kier alpha value is -4.50. The van der Waals surface area contributed by atoms with Crippen molar-refractivity contribution in [1.29, 1.82) is 0 Å². The Morgan fingerprint density at radius 3 is 1.83 bits per heavy atom. The largest absolute Gasteiger partial charge is 0.352 e. The van der Waals surface area contributed by atoms with Gasteiger partial charge in [-0.2, -0.15) is 0 Å². The van der Waals surface area contributed by atoms with Gasteiger partial charge in [-0.15, -0.1) is 0 Å². The summed E-state index contributed by atoms with van der Waals surface area (Å²) in [5.74, 6) is -1.48. The number of halogens is 1. The normalized spacial score (nSPS) is 12.0. The summed E-state index contributed by atoms with van der Waals surface area (Å²) in [6, 6.07) is 30.2. The molecule has 4 aromatic carbocycles. The van der Waals surface area contributed by atoms with E-state index in [-0.39, 0.29) is 35.5 Å². The van der Waals surface area contributed by atoms with Gasteiger partial charge in [-0.3, -0.25) is 13.9 Å². The van der Waals surface area contributed by atoms with Crippen molar-refractivity contribution in [2.75, 3.05) is 10.8 Å². The highest BCUT2D eigenvalue weighted by Crippen LogP contribution is 2.25. The topological polar surface area (TPSA) is 86.8 Å². The lowest BCUT2D eigenvalue weighted by Gasteiger charge is -2.34. The number of carbonyl (C=O) groups is 2. The van der Waals surface area contributed by atoms with Crippen molar-refractivity contribution in [2.24, 2.45) is 0 Å². The van der Waals surface area contributed by atoms with E-state index in [2.05, 4.69) is 5.32 Å². The van der Waals surface area contributed by atoms with Crippen LogP contribution in [0.2, 0.25) is 0 Å². The highest BCUT2D eigenvalue weighted by atomic mass is 32.2. The summed E-state index contributed by atoms with van der Waals surface area (Å²) in [4.78, 5) is 29.2. The molecular weight excluding hydrogens is 553 g/mol. The minimum atomic E-state index is -4.28. The lowest BCUT2D eigenvalue weighted by atomic mass is 10.0. The van der Waals surface area contributed by atoms with Crippen LogP contribution in [0.4, 0.5) is 10.1 Å². The molecule has 0 fully saturated rings. The first-order chi connectivity index (χ1) is 20.1. The summed E-state index contributed by atoms with van der Waals surface area (Å²) in [5.41, 5.74) is 1.90. The van der Waals surface area contributed by atoms with Crippen molar-refractivity contribution >= 4 is 27.5 Å². The van der Waals surface area contributed by atoms with Gasteiger partial charge in [-0.05, 0) is 61.4 Å². The van der Waals surface area contributed by atoms with Crippen LogP contribution >= 0.6 is 0 Å². The molecular formula is C33H34FN3O4S. The van der Waals surface area contributed by atoms with Gasteiger partial charge in [0.25, 0.3) is 10.0 Å². The molecule has 1 atom stereocenters. The Balaban J connectivity index is 1.77. The fourth-order valence-corrected chi connectivity index (χ4v) is 5.99. The molecule has 0 aliphatic carbocycles. The second-order valence-corrected chi connectivity index (χ2v) is 12.0. The summed E-state index contributed by atoms with van der Waals surface area (Å²) in [6.45, 7) is 3.19. The van der Waals surface area contributed by atoms with E-state index in [1.165, 1.54) is 17.0 Å². The molecule has 4 rings (SSSR count). The van der Waals surface area contributed by atoms with Gasteiger partial charge in [0.1, 0.15) is 18.4 Å². The average molecular weight is 588 g/mol. The van der Waals surface area contributed by atoms with Gasteiger partial charge in [0.2, 0.25) is 11.8 Å². The number of carbonyl (C=O) groups excluding carboxylic acids is 2. The fraction of sp³-hybridized carbons (Fsp3) is 0.212. The number of nitrogens with zero attached hydrogens (tertiary/aromatic N) is 2. The molecule has 9 heteroatoms. The standard InChI is InChI=1S/C33H34FN3O4S/c1-25(2)35-33(39)31(22-26-12-6-3-7-13-26)36(23-27-14-8-4-9-15-27)32(38)24-37(29-16-10-5-11-17-29)42(40,41)30-20-18-28(34)19-21-30/h3-21,25,31H,22-24H2,1-2H3,(H,35,39)/t31-/m0/s1. The number of rotatable bonds is 12. The van der Waals surface area contributed by atoms with Gasteiger partial charge < -0.3 is 10.2 Å². The number of amides is 2. The molecule has 1 N–H and O–H groups in total. The third-order valence-electron chi connectivity index (χ3n) is 6.62. The second-order valence-electron chi connectivity index (χ2n) is 10.2. The van der Waals surface area contributed by atoms with Crippen LogP contribution in [0.15, 0.2) is 120 Å². The SMILES string of the molecule is CC(C)NC(=O)[C@H](Cc1ccccc1)N(Cc1ccccc1)C(=O)CN(c1ccccc1)S(=O)(=O)c1ccc(F)cc1.